The number of benzene rings is 3. The molecule has 1 aliphatic rings. The minimum atomic E-state index is -6.00. The standard InChI is InChI=1S/C27H23BrN.BF4/c28-22-15-17-23(18-16-22)29-26-14-8-7-13-24(26)25(20-9-3-1-4-10-20)19-27(29)21-11-5-2-6-12-21;2-1(3,4)5/h1-6,9-12,15-19H,7-8,13-14H2;/q+1;-1. The fraction of sp³-hybridized carbons (Fsp3) is 0.148. The predicted octanol–water partition coefficient (Wildman–Crippen LogP) is 8.24. The van der Waals surface area contributed by atoms with Gasteiger partial charge >= 0.3 is 7.25 Å². The van der Waals surface area contributed by atoms with Crippen molar-refractivity contribution in [2.45, 2.75) is 25.7 Å². The molecule has 0 unspecified atom stereocenters. The predicted molar refractivity (Wildman–Crippen MR) is 133 cm³/mol. The molecule has 0 amide bonds. The van der Waals surface area contributed by atoms with E-state index in [0.29, 0.717) is 0 Å². The zero-order valence-corrected chi connectivity index (χ0v) is 20.0. The Morgan fingerprint density at radius 1 is 0.676 bits per heavy atom. The summed E-state index contributed by atoms with van der Waals surface area (Å²) in [5.41, 5.74) is 9.39. The average molecular weight is 528 g/mol. The van der Waals surface area contributed by atoms with Crippen molar-refractivity contribution < 1.29 is 21.8 Å². The van der Waals surface area contributed by atoms with Gasteiger partial charge in [-0.25, -0.2) is 0 Å². The van der Waals surface area contributed by atoms with Crippen molar-refractivity contribution in [3.05, 3.63) is 107 Å². The molecule has 3 aromatic carbocycles. The maximum absolute atomic E-state index is 9.75. The highest BCUT2D eigenvalue weighted by molar-refractivity contribution is 9.10. The molecule has 0 radical (unpaired) electrons. The molecule has 174 valence electrons. The van der Waals surface area contributed by atoms with Gasteiger partial charge < -0.3 is 17.3 Å². The van der Waals surface area contributed by atoms with Crippen LogP contribution in [0.25, 0.3) is 28.1 Å². The van der Waals surface area contributed by atoms with E-state index in [0.717, 1.165) is 17.3 Å². The topological polar surface area (TPSA) is 3.88 Å². The maximum atomic E-state index is 9.75. The highest BCUT2D eigenvalue weighted by atomic mass is 79.9. The average Bonchev–Trinajstić information content (AvgIpc) is 2.84. The van der Waals surface area contributed by atoms with E-state index in [2.05, 4.69) is 111 Å². The second-order valence-corrected chi connectivity index (χ2v) is 9.03. The van der Waals surface area contributed by atoms with E-state index < -0.39 is 7.25 Å². The Labute approximate surface area is 205 Å². The zero-order chi connectivity index (χ0) is 24.1. The van der Waals surface area contributed by atoms with Crippen LogP contribution in [0, 0.1) is 0 Å². The Morgan fingerprint density at radius 2 is 1.21 bits per heavy atom. The van der Waals surface area contributed by atoms with Crippen LogP contribution in [-0.4, -0.2) is 7.25 Å². The molecule has 4 aromatic rings. The van der Waals surface area contributed by atoms with Crippen molar-refractivity contribution in [3.63, 3.8) is 0 Å². The van der Waals surface area contributed by atoms with Crippen molar-refractivity contribution in [1.82, 2.24) is 0 Å². The second-order valence-electron chi connectivity index (χ2n) is 8.11. The fourth-order valence-corrected chi connectivity index (χ4v) is 4.71. The smallest absolute Gasteiger partial charge is 0.418 e. The number of hydrogen-bond acceptors (Lipinski definition) is 0. The Balaban J connectivity index is 0.000000499. The molecule has 5 rings (SSSR count). The van der Waals surface area contributed by atoms with E-state index in [4.69, 9.17) is 0 Å². The first kappa shape index (κ1) is 24.2. The maximum Gasteiger partial charge on any atom is 0.673 e. The van der Waals surface area contributed by atoms with E-state index in [1.54, 1.807) is 0 Å². The second kappa shape index (κ2) is 10.6. The number of halogens is 5. The van der Waals surface area contributed by atoms with Crippen molar-refractivity contribution in [1.29, 1.82) is 0 Å². The van der Waals surface area contributed by atoms with Crippen molar-refractivity contribution in [2.75, 3.05) is 0 Å². The molecule has 1 nitrogen and oxygen atoms in total. The fourth-order valence-electron chi connectivity index (χ4n) is 4.44. The summed E-state index contributed by atoms with van der Waals surface area (Å²) in [6.07, 6.45) is 4.77. The Hall–Kier alpha value is -2.93. The first-order valence-electron chi connectivity index (χ1n) is 11.2. The summed E-state index contributed by atoms with van der Waals surface area (Å²) in [7, 11) is -6.00. The lowest BCUT2D eigenvalue weighted by Gasteiger charge is -2.20. The molecule has 1 aromatic heterocycles. The van der Waals surface area contributed by atoms with E-state index in [1.165, 1.54) is 52.2 Å². The first-order valence-corrected chi connectivity index (χ1v) is 12.0. The molecule has 1 heterocycles. The number of hydrogen-bond donors (Lipinski definition) is 0. The Kier molecular flexibility index (Phi) is 7.52. The number of nitrogens with zero attached hydrogens (tertiary/aromatic N) is 1. The molecular weight excluding hydrogens is 505 g/mol. The largest absolute Gasteiger partial charge is 0.673 e. The molecule has 0 spiro atoms. The molecule has 0 saturated carbocycles. The highest BCUT2D eigenvalue weighted by Crippen LogP contribution is 2.34. The molecule has 0 bridgehead atoms. The summed E-state index contributed by atoms with van der Waals surface area (Å²) in [5.74, 6) is 0. The van der Waals surface area contributed by atoms with Gasteiger partial charge in [0.15, 0.2) is 5.69 Å². The van der Waals surface area contributed by atoms with Crippen LogP contribution in [-0.2, 0) is 12.8 Å². The van der Waals surface area contributed by atoms with Gasteiger partial charge in [0.1, 0.15) is 0 Å². The first-order chi connectivity index (χ1) is 16.3. The minimum absolute atomic E-state index is 1.11. The van der Waals surface area contributed by atoms with Gasteiger partial charge in [-0.2, -0.15) is 4.57 Å². The quantitative estimate of drug-likeness (QED) is 0.143. The van der Waals surface area contributed by atoms with Crippen LogP contribution in [0.2, 0.25) is 0 Å². The molecule has 0 saturated heterocycles. The third-order valence-electron chi connectivity index (χ3n) is 5.79. The lowest BCUT2D eigenvalue weighted by molar-refractivity contribution is -0.593. The van der Waals surface area contributed by atoms with Gasteiger partial charge in [0.2, 0.25) is 11.4 Å². The van der Waals surface area contributed by atoms with Gasteiger partial charge in [0.25, 0.3) is 0 Å². The van der Waals surface area contributed by atoms with E-state index >= 15 is 0 Å². The van der Waals surface area contributed by atoms with Crippen LogP contribution in [0.3, 0.4) is 0 Å². The molecule has 0 N–H and O–H groups in total. The number of pyridine rings is 1. The van der Waals surface area contributed by atoms with Crippen LogP contribution in [0.1, 0.15) is 24.1 Å². The normalized spacial score (nSPS) is 13.0. The lowest BCUT2D eigenvalue weighted by atomic mass is 9.87. The molecule has 0 fully saturated rings. The van der Waals surface area contributed by atoms with Gasteiger partial charge in [0.05, 0.1) is 0 Å². The van der Waals surface area contributed by atoms with Crippen LogP contribution in [0.5, 0.6) is 0 Å². The van der Waals surface area contributed by atoms with Crippen molar-refractivity contribution in [2.24, 2.45) is 0 Å². The monoisotopic (exact) mass is 527 g/mol. The van der Waals surface area contributed by atoms with Crippen LogP contribution < -0.4 is 4.57 Å². The Bertz CT molecular complexity index is 1240. The molecule has 0 aliphatic heterocycles. The van der Waals surface area contributed by atoms with Crippen LogP contribution in [0.4, 0.5) is 17.3 Å². The number of rotatable bonds is 3. The van der Waals surface area contributed by atoms with Gasteiger partial charge in [0, 0.05) is 40.2 Å². The van der Waals surface area contributed by atoms with E-state index in [1.807, 2.05) is 0 Å². The zero-order valence-electron chi connectivity index (χ0n) is 18.4. The molecule has 1 aliphatic carbocycles. The van der Waals surface area contributed by atoms with E-state index in [-0.39, 0.29) is 0 Å². The van der Waals surface area contributed by atoms with Gasteiger partial charge in [-0.1, -0.05) is 64.5 Å². The molecule has 34 heavy (non-hydrogen) atoms. The van der Waals surface area contributed by atoms with Gasteiger partial charge in [-0.05, 0) is 54.7 Å². The number of fused-ring (bicyclic) bond motifs is 1. The van der Waals surface area contributed by atoms with E-state index in [9.17, 15) is 17.3 Å². The summed E-state index contributed by atoms with van der Waals surface area (Å²) in [4.78, 5) is 0. The molecule has 7 heteroatoms. The third kappa shape index (κ3) is 5.95. The van der Waals surface area contributed by atoms with Crippen molar-refractivity contribution in [3.8, 4) is 28.1 Å². The molecular formula is C27H23BBrF4N. The van der Waals surface area contributed by atoms with Crippen molar-refractivity contribution >= 4 is 23.2 Å². The third-order valence-corrected chi connectivity index (χ3v) is 6.32. The number of aromatic nitrogens is 1. The van der Waals surface area contributed by atoms with Gasteiger partial charge in [-0.3, -0.25) is 0 Å². The summed E-state index contributed by atoms with van der Waals surface area (Å²) in [6.45, 7) is 0. The lowest BCUT2D eigenvalue weighted by Crippen LogP contribution is -2.41. The van der Waals surface area contributed by atoms with Crippen LogP contribution >= 0.6 is 15.9 Å². The summed E-state index contributed by atoms with van der Waals surface area (Å²) in [6, 6.07) is 32.7. The summed E-state index contributed by atoms with van der Waals surface area (Å²) in [5, 5.41) is 0. The van der Waals surface area contributed by atoms with Gasteiger partial charge in [-0.15, -0.1) is 0 Å². The Morgan fingerprint density at radius 3 is 1.79 bits per heavy atom. The molecule has 0 atom stereocenters. The summed E-state index contributed by atoms with van der Waals surface area (Å²) >= 11 is 3.59. The summed E-state index contributed by atoms with van der Waals surface area (Å²) < 4.78 is 42.6. The minimum Gasteiger partial charge on any atom is -0.418 e. The van der Waals surface area contributed by atoms with Crippen LogP contribution in [0.15, 0.2) is 95.5 Å². The highest BCUT2D eigenvalue weighted by Gasteiger charge is 2.30. The SMILES string of the molecule is Brc1ccc(-[n+]2c(-c3ccccc3)cc(-c3ccccc3)c3c2CCCC3)cc1.F[B-](F)(F)F.